The zero-order valence-corrected chi connectivity index (χ0v) is 16.4. The van der Waals surface area contributed by atoms with E-state index in [0.29, 0.717) is 12.1 Å². The highest BCUT2D eigenvalue weighted by atomic mass is 32.2. The molecule has 0 fully saturated rings. The number of hydrogen-bond acceptors (Lipinski definition) is 5. The minimum Gasteiger partial charge on any atom is -0.299 e. The Kier molecular flexibility index (Phi) is 4.55. The number of nitrogens with zero attached hydrogens (tertiary/aromatic N) is 2. The molecule has 0 radical (unpaired) electrons. The Morgan fingerprint density at radius 2 is 1.93 bits per heavy atom. The van der Waals surface area contributed by atoms with Gasteiger partial charge in [0.15, 0.2) is 0 Å². The van der Waals surface area contributed by atoms with E-state index < -0.39 is 16.7 Å². The molecule has 142 valence electrons. The van der Waals surface area contributed by atoms with Crippen molar-refractivity contribution in [2.45, 2.75) is 30.1 Å². The molecule has 0 bridgehead atoms. The van der Waals surface area contributed by atoms with Crippen LogP contribution in [0.2, 0.25) is 0 Å². The Bertz CT molecular complexity index is 1180. The quantitative estimate of drug-likeness (QED) is 0.689. The average Bonchev–Trinajstić information content (AvgIpc) is 3.08. The Labute approximate surface area is 165 Å². The first-order valence-electron chi connectivity index (χ1n) is 8.94. The molecule has 0 saturated heterocycles. The van der Waals surface area contributed by atoms with Crippen LogP contribution in [0.25, 0.3) is 5.69 Å². The lowest BCUT2D eigenvalue weighted by Crippen LogP contribution is -2.33. The molecule has 1 heterocycles. The van der Waals surface area contributed by atoms with E-state index in [4.69, 9.17) is 0 Å². The molecule has 1 unspecified atom stereocenters. The molecule has 7 heteroatoms. The van der Waals surface area contributed by atoms with E-state index in [1.807, 2.05) is 42.7 Å². The number of carbonyl (C=O) groups excluding carboxylic acids is 1. The topological polar surface area (TPSA) is 84.8 Å². The molecule has 1 atom stereocenters. The van der Waals surface area contributed by atoms with Crippen molar-refractivity contribution in [1.82, 2.24) is 14.8 Å². The normalized spacial score (nSPS) is 18.1. The second-order valence-corrected chi connectivity index (χ2v) is 7.76. The monoisotopic (exact) mass is 393 g/mol. The van der Waals surface area contributed by atoms with E-state index in [1.165, 1.54) is 0 Å². The van der Waals surface area contributed by atoms with Crippen molar-refractivity contribution in [2.24, 2.45) is 0 Å². The second-order valence-electron chi connectivity index (χ2n) is 6.88. The van der Waals surface area contributed by atoms with Gasteiger partial charge in [-0.25, -0.2) is 4.79 Å². The van der Waals surface area contributed by atoms with Gasteiger partial charge in [0, 0.05) is 4.90 Å². The van der Waals surface area contributed by atoms with E-state index in [1.54, 1.807) is 24.8 Å². The van der Waals surface area contributed by atoms with Crippen LogP contribution in [0, 0.1) is 0 Å². The fourth-order valence-corrected chi connectivity index (χ4v) is 4.48. The largest absolute Gasteiger partial charge is 0.349 e. The Balaban J connectivity index is 1.84. The molecule has 0 aliphatic heterocycles. The van der Waals surface area contributed by atoms with Crippen molar-refractivity contribution < 1.29 is 4.79 Å². The highest BCUT2D eigenvalue weighted by Gasteiger charge is 2.44. The smallest absolute Gasteiger partial charge is 0.299 e. The van der Waals surface area contributed by atoms with Crippen LogP contribution in [0.5, 0.6) is 0 Å². The number of benzene rings is 2. The number of fused-ring (bicyclic) bond motifs is 1. The van der Waals surface area contributed by atoms with Gasteiger partial charge in [-0.3, -0.25) is 14.6 Å². The predicted octanol–water partition coefficient (Wildman–Crippen LogP) is 2.46. The summed E-state index contributed by atoms with van der Waals surface area (Å²) >= 11 is 1.67. The minimum atomic E-state index is -0.672. The third-order valence-corrected chi connectivity index (χ3v) is 6.20. The molecular formula is C21H19N3O3S. The summed E-state index contributed by atoms with van der Waals surface area (Å²) in [5.41, 5.74) is 1.75. The van der Waals surface area contributed by atoms with Crippen molar-refractivity contribution in [1.29, 1.82) is 0 Å². The van der Waals surface area contributed by atoms with Crippen LogP contribution < -0.4 is 11.2 Å². The van der Waals surface area contributed by atoms with Crippen molar-refractivity contribution in [2.75, 3.05) is 6.26 Å². The Morgan fingerprint density at radius 1 is 1.18 bits per heavy atom. The molecule has 2 aromatic carbocycles. The summed E-state index contributed by atoms with van der Waals surface area (Å²) in [4.78, 5) is 39.5. The minimum absolute atomic E-state index is 0.107. The van der Waals surface area contributed by atoms with Gasteiger partial charge in [-0.2, -0.15) is 9.78 Å². The van der Waals surface area contributed by atoms with Gasteiger partial charge in [0.1, 0.15) is 12.0 Å². The van der Waals surface area contributed by atoms with Crippen molar-refractivity contribution >= 4 is 17.5 Å². The SMILES string of the molecule is CSc1ccc(C2(C(C)=O)CCc3cc(-n4ncc(=O)[nH]c4=O)ccc32)cc1. The molecule has 28 heavy (non-hydrogen) atoms. The van der Waals surface area contributed by atoms with Gasteiger partial charge in [0.2, 0.25) is 0 Å². The zero-order chi connectivity index (χ0) is 19.9. The number of aromatic nitrogens is 3. The number of Topliss-reactive ketones (excluding diaryl/α,β-unsaturated/α-hetero) is 1. The molecule has 1 aliphatic rings. The second kappa shape index (κ2) is 6.91. The third kappa shape index (κ3) is 2.82. The van der Waals surface area contributed by atoms with Gasteiger partial charge >= 0.3 is 5.69 Å². The predicted molar refractivity (Wildman–Crippen MR) is 108 cm³/mol. The van der Waals surface area contributed by atoms with Crippen LogP contribution in [-0.2, 0) is 16.6 Å². The first kappa shape index (κ1) is 18.4. The maximum atomic E-state index is 12.8. The number of H-pyrrole nitrogens is 1. The molecule has 3 aromatic rings. The molecule has 0 saturated carbocycles. The summed E-state index contributed by atoms with van der Waals surface area (Å²) in [5.74, 6) is 0.107. The van der Waals surface area contributed by atoms with Gasteiger partial charge in [-0.1, -0.05) is 18.2 Å². The van der Waals surface area contributed by atoms with E-state index in [2.05, 4.69) is 10.1 Å². The third-order valence-electron chi connectivity index (χ3n) is 5.46. The summed E-state index contributed by atoms with van der Waals surface area (Å²) in [6.45, 7) is 1.64. The number of rotatable bonds is 4. The maximum Gasteiger partial charge on any atom is 0.349 e. The van der Waals surface area contributed by atoms with Crippen molar-refractivity contribution in [3.8, 4) is 5.69 Å². The highest BCUT2D eigenvalue weighted by Crippen LogP contribution is 2.45. The van der Waals surface area contributed by atoms with Gasteiger partial charge in [0.25, 0.3) is 5.56 Å². The molecular weight excluding hydrogens is 374 g/mol. The van der Waals surface area contributed by atoms with Crippen LogP contribution in [0.4, 0.5) is 0 Å². The molecule has 0 spiro atoms. The average molecular weight is 393 g/mol. The zero-order valence-electron chi connectivity index (χ0n) is 15.6. The van der Waals surface area contributed by atoms with E-state index >= 15 is 0 Å². The Morgan fingerprint density at radius 3 is 2.57 bits per heavy atom. The molecule has 4 rings (SSSR count). The fourth-order valence-electron chi connectivity index (χ4n) is 4.07. The number of aromatic amines is 1. The number of ketones is 1. The Hall–Kier alpha value is -2.93. The standard InChI is InChI=1S/C21H19N3O3S/c1-13(25)21(15-3-6-17(28-2)7-4-15)10-9-14-11-16(5-8-18(14)21)24-20(27)23-19(26)12-22-24/h3-8,11-12H,9-10H2,1-2H3,(H,23,26,27). The van der Waals surface area contributed by atoms with E-state index in [9.17, 15) is 14.4 Å². The lowest BCUT2D eigenvalue weighted by Gasteiger charge is -2.28. The van der Waals surface area contributed by atoms with Crippen molar-refractivity contribution in [3.05, 3.63) is 86.2 Å². The molecule has 1 N–H and O–H groups in total. The summed E-state index contributed by atoms with van der Waals surface area (Å²) in [6.07, 6.45) is 4.51. The molecule has 1 aliphatic carbocycles. The number of carbonyl (C=O) groups is 1. The number of hydrogen-bond donors (Lipinski definition) is 1. The molecule has 0 amide bonds. The molecule has 1 aromatic heterocycles. The van der Waals surface area contributed by atoms with Gasteiger partial charge < -0.3 is 0 Å². The lowest BCUT2D eigenvalue weighted by atomic mass is 9.72. The van der Waals surface area contributed by atoms with Crippen LogP contribution in [0.15, 0.2) is 63.1 Å². The van der Waals surface area contributed by atoms with E-state index in [0.717, 1.165) is 38.9 Å². The van der Waals surface area contributed by atoms with Gasteiger partial charge in [-0.15, -0.1) is 11.8 Å². The van der Waals surface area contributed by atoms with E-state index in [-0.39, 0.29) is 5.78 Å². The van der Waals surface area contributed by atoms with Crippen LogP contribution in [-0.4, -0.2) is 26.8 Å². The number of thioether (sulfide) groups is 1. The van der Waals surface area contributed by atoms with Crippen LogP contribution >= 0.6 is 11.8 Å². The van der Waals surface area contributed by atoms with Crippen LogP contribution in [0.1, 0.15) is 30.0 Å². The summed E-state index contributed by atoms with van der Waals surface area (Å²) < 4.78 is 1.16. The van der Waals surface area contributed by atoms with Crippen molar-refractivity contribution in [3.63, 3.8) is 0 Å². The summed E-state index contributed by atoms with van der Waals surface area (Å²) in [5, 5.41) is 3.91. The highest BCUT2D eigenvalue weighted by molar-refractivity contribution is 7.98. The van der Waals surface area contributed by atoms with Gasteiger partial charge in [-0.05, 0) is 67.0 Å². The summed E-state index contributed by atoms with van der Waals surface area (Å²) in [7, 11) is 0. The van der Waals surface area contributed by atoms with Gasteiger partial charge in [0.05, 0.1) is 11.1 Å². The maximum absolute atomic E-state index is 12.8. The molecule has 6 nitrogen and oxygen atoms in total. The number of nitrogens with one attached hydrogen (secondary N) is 1. The first-order chi connectivity index (χ1) is 13.5. The first-order valence-corrected chi connectivity index (χ1v) is 10.2. The summed E-state index contributed by atoms with van der Waals surface area (Å²) in [6, 6.07) is 13.7. The number of aryl methyl sites for hydroxylation is 1. The van der Waals surface area contributed by atoms with Crippen LogP contribution in [0.3, 0.4) is 0 Å². The lowest BCUT2D eigenvalue weighted by molar-refractivity contribution is -0.121. The fraction of sp³-hybridized carbons (Fsp3) is 0.238.